The molecule has 3 heteroatoms. The Balaban J connectivity index is 0. The van der Waals surface area contributed by atoms with Gasteiger partial charge >= 0.3 is 57.0 Å². The van der Waals surface area contributed by atoms with E-state index in [1.165, 1.54) is 64.2 Å². The maximum atomic E-state index is 4.19. The second-order valence-electron chi connectivity index (χ2n) is 6.57. The van der Waals surface area contributed by atoms with Gasteiger partial charge in [-0.2, -0.15) is 39.8 Å². The summed E-state index contributed by atoms with van der Waals surface area (Å²) in [4.78, 5) is 0. The monoisotopic (exact) mass is 388 g/mol. The molecule has 0 aliphatic heterocycles. The molecule has 0 unspecified atom stereocenters. The Morgan fingerprint density at radius 3 is 1.23 bits per heavy atom. The Bertz CT molecular complexity index is 174. The number of rotatable bonds is 2. The predicted molar refractivity (Wildman–Crippen MR) is 96.8 cm³/mol. The van der Waals surface area contributed by atoms with E-state index in [4.69, 9.17) is 0 Å². The van der Waals surface area contributed by atoms with Gasteiger partial charge in [0.05, 0.1) is 0 Å². The maximum Gasteiger partial charge on any atom is -0.0582 e. The van der Waals surface area contributed by atoms with E-state index in [1.807, 2.05) is 0 Å². The van der Waals surface area contributed by atoms with Crippen LogP contribution in [0.15, 0.2) is 3.34 Å². The average molecular weight is 388 g/mol. The van der Waals surface area contributed by atoms with Crippen LogP contribution in [0.4, 0.5) is 0 Å². The van der Waals surface area contributed by atoms with Crippen molar-refractivity contribution in [2.45, 2.75) is 96.9 Å². The molecular formula is C19H39N2Nb-3. The molecule has 22 heavy (non-hydrogen) atoms. The third kappa shape index (κ3) is 22.8. The molecule has 0 amide bonds. The van der Waals surface area contributed by atoms with E-state index in [9.17, 15) is 0 Å². The topological polar surface area (TPSA) is 26.5 Å². The van der Waals surface area contributed by atoms with Crippen LogP contribution in [0, 0.1) is 12.8 Å². The summed E-state index contributed by atoms with van der Waals surface area (Å²) >= 11 is 1.55. The van der Waals surface area contributed by atoms with Crippen molar-refractivity contribution in [1.29, 1.82) is 0 Å². The quantitative estimate of drug-likeness (QED) is 0.366. The summed E-state index contributed by atoms with van der Waals surface area (Å²) in [7, 11) is 3.50. The first-order chi connectivity index (χ1) is 10.5. The minimum atomic E-state index is 0.231. The molecule has 0 N–H and O–H groups in total. The zero-order chi connectivity index (χ0) is 17.1. The van der Waals surface area contributed by atoms with Gasteiger partial charge in [-0.25, -0.2) is 0 Å². The van der Waals surface area contributed by atoms with Crippen LogP contribution in [-0.2, 0) is 20.9 Å². The van der Waals surface area contributed by atoms with Gasteiger partial charge < -0.3 is 18.2 Å². The van der Waals surface area contributed by atoms with Gasteiger partial charge in [-0.05, 0) is 0 Å². The predicted octanol–water partition coefficient (Wildman–Crippen LogP) is 6.83. The molecule has 0 saturated heterocycles. The molecule has 2 aliphatic rings. The van der Waals surface area contributed by atoms with Gasteiger partial charge in [0.25, 0.3) is 0 Å². The van der Waals surface area contributed by atoms with Gasteiger partial charge in [0, 0.05) is 0 Å². The summed E-state index contributed by atoms with van der Waals surface area (Å²) in [5.74, 6) is 0. The Labute approximate surface area is 153 Å². The number of hydrogen-bond donors (Lipinski definition) is 0. The van der Waals surface area contributed by atoms with Crippen molar-refractivity contribution in [3.8, 4) is 0 Å². The van der Waals surface area contributed by atoms with Crippen LogP contribution < -0.4 is 0 Å². The van der Waals surface area contributed by atoms with Crippen LogP contribution in [-0.4, -0.2) is 19.6 Å². The molecule has 0 aromatic heterocycles. The van der Waals surface area contributed by atoms with Crippen molar-refractivity contribution < 1.29 is 20.9 Å². The van der Waals surface area contributed by atoms with Crippen LogP contribution in [0.5, 0.6) is 0 Å². The van der Waals surface area contributed by atoms with Crippen LogP contribution in [0.2, 0.25) is 0 Å². The molecular weight excluding hydrogens is 349 g/mol. The molecule has 2 aliphatic carbocycles. The van der Waals surface area contributed by atoms with E-state index in [-0.39, 0.29) is 5.54 Å². The van der Waals surface area contributed by atoms with Crippen molar-refractivity contribution in [3.05, 3.63) is 18.2 Å². The second kappa shape index (κ2) is 19.5. The number of nitrogens with zero attached hydrogens (tertiary/aromatic N) is 2. The Kier molecular flexibility index (Phi) is 22.0. The SMILES string of the molecule is CCC(C)(C)[N]=[Nb].C[N-]C.[CH-]1CCCCC1.[CH-]1CCCCC1. The van der Waals surface area contributed by atoms with E-state index in [1.54, 1.807) is 35.0 Å². The van der Waals surface area contributed by atoms with E-state index in [2.05, 4.69) is 42.3 Å². The van der Waals surface area contributed by atoms with Gasteiger partial charge in [-0.15, -0.1) is 0 Å². The van der Waals surface area contributed by atoms with Crippen molar-refractivity contribution in [2.75, 3.05) is 14.1 Å². The summed E-state index contributed by atoms with van der Waals surface area (Å²) < 4.78 is 4.19. The summed E-state index contributed by atoms with van der Waals surface area (Å²) in [5, 5.41) is 3.50. The Morgan fingerprint density at radius 1 is 0.864 bits per heavy atom. The minimum Gasteiger partial charge on any atom is -0.668 e. The van der Waals surface area contributed by atoms with E-state index < -0.39 is 0 Å². The zero-order valence-corrected chi connectivity index (χ0v) is 18.0. The fourth-order valence-corrected chi connectivity index (χ4v) is 2.22. The molecule has 2 nitrogen and oxygen atoms in total. The first kappa shape index (κ1) is 24.7. The molecule has 2 saturated carbocycles. The van der Waals surface area contributed by atoms with Crippen molar-refractivity contribution in [1.82, 2.24) is 0 Å². The molecule has 2 fully saturated rings. The number of hydrogen-bond acceptors (Lipinski definition) is 1. The fourth-order valence-electron chi connectivity index (χ4n) is 1.87. The smallest absolute Gasteiger partial charge is 0.0582 e. The second-order valence-corrected chi connectivity index (χ2v) is 7.06. The largest absolute Gasteiger partial charge is 0.668 e. The summed E-state index contributed by atoms with van der Waals surface area (Å²) in [6.45, 7) is 6.44. The van der Waals surface area contributed by atoms with Gasteiger partial charge in [0.1, 0.15) is 0 Å². The first-order valence-electron chi connectivity index (χ1n) is 9.01. The van der Waals surface area contributed by atoms with E-state index in [0.29, 0.717) is 0 Å². The van der Waals surface area contributed by atoms with Crippen molar-refractivity contribution in [3.63, 3.8) is 0 Å². The molecule has 0 atom stereocenters. The maximum absolute atomic E-state index is 4.19. The normalized spacial score (nSPS) is 17.5. The van der Waals surface area contributed by atoms with Crippen LogP contribution in [0.3, 0.4) is 0 Å². The van der Waals surface area contributed by atoms with Crippen LogP contribution in [0.25, 0.3) is 5.32 Å². The minimum absolute atomic E-state index is 0.231. The third-order valence-electron chi connectivity index (χ3n) is 3.77. The Morgan fingerprint density at radius 2 is 1.18 bits per heavy atom. The van der Waals surface area contributed by atoms with Crippen LogP contribution in [0.1, 0.15) is 91.4 Å². The van der Waals surface area contributed by atoms with E-state index >= 15 is 0 Å². The van der Waals surface area contributed by atoms with Gasteiger partial charge in [-0.3, -0.25) is 0 Å². The van der Waals surface area contributed by atoms with Crippen molar-refractivity contribution in [2.24, 2.45) is 3.34 Å². The average Bonchev–Trinajstić information content (AvgIpc) is 2.60. The first-order valence-corrected chi connectivity index (χ1v) is 9.99. The Hall–Kier alpha value is 0.500. The molecule has 133 valence electrons. The van der Waals surface area contributed by atoms with Gasteiger partial charge in [0.15, 0.2) is 0 Å². The van der Waals surface area contributed by atoms with E-state index in [0.717, 1.165) is 6.42 Å². The van der Waals surface area contributed by atoms with Crippen LogP contribution >= 0.6 is 0 Å². The van der Waals surface area contributed by atoms with Crippen molar-refractivity contribution >= 4 is 0 Å². The molecule has 2 rings (SSSR count). The third-order valence-corrected chi connectivity index (χ3v) is 5.10. The zero-order valence-electron chi connectivity index (χ0n) is 15.8. The molecule has 0 aromatic rings. The molecule has 0 heterocycles. The van der Waals surface area contributed by atoms with Gasteiger partial charge in [0.2, 0.25) is 0 Å². The summed E-state index contributed by atoms with van der Waals surface area (Å²) in [5.41, 5.74) is 0.231. The van der Waals surface area contributed by atoms with Gasteiger partial charge in [-0.1, -0.05) is 38.5 Å². The standard InChI is InChI=1S/2C6H11.C5H11N.C2H6N.Nb/c2*1-2-4-6-5-3-1;1-4-5(2,3)6;1-3-2;/h2*1H,2-6H2;4H2,1-3H3;1-2H3;/q2*-1;;-1;. The fraction of sp³-hybridized carbons (Fsp3) is 0.895. The summed E-state index contributed by atoms with van der Waals surface area (Å²) in [6.07, 6.45) is 20.1. The molecule has 0 radical (unpaired) electrons. The molecule has 0 spiro atoms. The molecule has 0 aromatic carbocycles. The summed E-state index contributed by atoms with van der Waals surface area (Å²) in [6, 6.07) is 0. The molecule has 0 bridgehead atoms.